The van der Waals surface area contributed by atoms with Crippen molar-refractivity contribution in [3.05, 3.63) is 155 Å². The van der Waals surface area contributed by atoms with Gasteiger partial charge in [0.1, 0.15) is 42.1 Å². The molecule has 1 saturated heterocycles. The highest BCUT2D eigenvalue weighted by Gasteiger charge is 2.33. The summed E-state index contributed by atoms with van der Waals surface area (Å²) in [5.74, 6) is -1.01. The average molecular weight is 730 g/mol. The molecule has 0 spiro atoms. The van der Waals surface area contributed by atoms with Crippen molar-refractivity contribution in [2.75, 3.05) is 18.4 Å². The molecule has 3 amide bonds. The summed E-state index contributed by atoms with van der Waals surface area (Å²) >= 11 is 0. The molecule has 276 valence electrons. The van der Waals surface area contributed by atoms with Crippen molar-refractivity contribution in [1.29, 1.82) is 0 Å². The van der Waals surface area contributed by atoms with E-state index in [0.29, 0.717) is 30.0 Å². The van der Waals surface area contributed by atoms with Gasteiger partial charge in [-0.3, -0.25) is 9.59 Å². The Morgan fingerprint density at radius 3 is 1.83 bits per heavy atom. The molecular weight excluding hydrogens is 690 g/mol. The topological polar surface area (TPSA) is 164 Å². The van der Waals surface area contributed by atoms with Gasteiger partial charge in [-0.05, 0) is 84.6 Å². The average Bonchev–Trinajstić information content (AvgIpc) is 3.39. The number of phenols is 1. The van der Waals surface area contributed by atoms with Crippen molar-refractivity contribution in [2.24, 2.45) is 0 Å². The number of nitrogens with one attached hydrogen (secondary N) is 2. The van der Waals surface area contributed by atoms with Crippen molar-refractivity contribution in [3.8, 4) is 17.2 Å². The zero-order chi connectivity index (χ0) is 37.9. The third kappa shape index (κ3) is 9.73. The Kier molecular flexibility index (Phi) is 12.0. The first-order valence-corrected chi connectivity index (χ1v) is 17.4. The number of aromatic hydroxyl groups is 1. The molecule has 1 heterocycles. The number of rotatable bonds is 12. The quantitative estimate of drug-likeness (QED) is 0.100. The standard InChI is InChI=1S/C42H39N3O9/c46-33-22-18-30(19-23-33)39(47)44-34-25-45(42(50)51)24-8-15-35(34)54-41(49)31-16-20-32(21-17-31)43-40(48)38-36(52-26-28-9-3-1-4-10-28)13-7-14-37(38)53-27-29-11-5-2-6-12-29/h1-7,9-14,16-23,34-35,46H,8,15,24-27H2,(H,43,48)(H,44,47)(H,50,51). The second-order valence-corrected chi connectivity index (χ2v) is 12.7. The second-order valence-electron chi connectivity index (χ2n) is 12.7. The second kappa shape index (κ2) is 17.6. The van der Waals surface area contributed by atoms with Gasteiger partial charge in [0.2, 0.25) is 0 Å². The maximum atomic E-state index is 13.9. The van der Waals surface area contributed by atoms with Gasteiger partial charge in [-0.15, -0.1) is 0 Å². The number of benzene rings is 5. The molecule has 4 N–H and O–H groups in total. The number of esters is 1. The SMILES string of the molecule is O=C(NC1CN(C(=O)O)CCCC1OC(=O)c1ccc(NC(=O)c2c(OCc3ccccc3)cccc2OCc2ccccc2)cc1)c1ccc(O)cc1. The van der Waals surface area contributed by atoms with Gasteiger partial charge in [-0.1, -0.05) is 66.7 Å². The Labute approximate surface area is 311 Å². The lowest BCUT2D eigenvalue weighted by atomic mass is 10.1. The summed E-state index contributed by atoms with van der Waals surface area (Å²) in [6, 6.07) is 35.2. The zero-order valence-corrected chi connectivity index (χ0v) is 29.2. The monoisotopic (exact) mass is 729 g/mol. The highest BCUT2D eigenvalue weighted by molar-refractivity contribution is 6.08. The summed E-state index contributed by atoms with van der Waals surface area (Å²) < 4.78 is 18.1. The molecule has 12 heteroatoms. The normalized spacial score (nSPS) is 15.3. The zero-order valence-electron chi connectivity index (χ0n) is 29.2. The van der Waals surface area contributed by atoms with Crippen LogP contribution in [-0.4, -0.2) is 64.2 Å². The van der Waals surface area contributed by atoms with Crippen molar-refractivity contribution in [2.45, 2.75) is 38.2 Å². The first-order chi connectivity index (χ1) is 26.2. The maximum absolute atomic E-state index is 13.9. The van der Waals surface area contributed by atoms with Gasteiger partial charge >= 0.3 is 12.1 Å². The predicted molar refractivity (Wildman–Crippen MR) is 200 cm³/mol. The Bertz CT molecular complexity index is 2000. The molecule has 0 aliphatic carbocycles. The first kappa shape index (κ1) is 37.0. The minimum Gasteiger partial charge on any atom is -0.508 e. The van der Waals surface area contributed by atoms with Gasteiger partial charge in [-0.25, -0.2) is 9.59 Å². The molecule has 5 aromatic carbocycles. The molecule has 1 aliphatic rings. The molecule has 5 aromatic rings. The van der Waals surface area contributed by atoms with Crippen LogP contribution in [0.2, 0.25) is 0 Å². The number of phenolic OH excluding ortho intramolecular Hbond substituents is 1. The summed E-state index contributed by atoms with van der Waals surface area (Å²) in [5.41, 5.74) is 2.90. The number of anilines is 1. The number of carbonyl (C=O) groups is 4. The molecule has 0 radical (unpaired) electrons. The van der Waals surface area contributed by atoms with Crippen LogP contribution in [-0.2, 0) is 18.0 Å². The van der Waals surface area contributed by atoms with E-state index in [2.05, 4.69) is 10.6 Å². The smallest absolute Gasteiger partial charge is 0.407 e. The van der Waals surface area contributed by atoms with Gasteiger partial charge in [0.05, 0.1) is 11.6 Å². The third-order valence-corrected chi connectivity index (χ3v) is 8.83. The van der Waals surface area contributed by atoms with Crippen LogP contribution < -0.4 is 20.1 Å². The van der Waals surface area contributed by atoms with E-state index in [1.54, 1.807) is 30.3 Å². The van der Waals surface area contributed by atoms with Gasteiger partial charge < -0.3 is 40.0 Å². The highest BCUT2D eigenvalue weighted by atomic mass is 16.5. The number of amides is 3. The molecule has 1 fully saturated rings. The lowest BCUT2D eigenvalue weighted by Gasteiger charge is -2.28. The summed E-state index contributed by atoms with van der Waals surface area (Å²) in [4.78, 5) is 53.3. The van der Waals surface area contributed by atoms with E-state index >= 15 is 0 Å². The first-order valence-electron chi connectivity index (χ1n) is 17.4. The number of hydrogen-bond acceptors (Lipinski definition) is 8. The molecular formula is C42H39N3O9. The summed E-state index contributed by atoms with van der Waals surface area (Å²) in [7, 11) is 0. The Morgan fingerprint density at radius 2 is 1.26 bits per heavy atom. The molecule has 1 aliphatic heterocycles. The fourth-order valence-electron chi connectivity index (χ4n) is 5.98. The maximum Gasteiger partial charge on any atom is 0.407 e. The van der Waals surface area contributed by atoms with Gasteiger partial charge in [0.15, 0.2) is 0 Å². The molecule has 0 aromatic heterocycles. The molecule has 0 bridgehead atoms. The van der Waals surface area contributed by atoms with Crippen LogP contribution in [0.25, 0.3) is 0 Å². The number of hydrogen-bond donors (Lipinski definition) is 4. The molecule has 2 atom stereocenters. The van der Waals surface area contributed by atoms with E-state index in [4.69, 9.17) is 14.2 Å². The molecule has 6 rings (SSSR count). The van der Waals surface area contributed by atoms with Crippen LogP contribution in [0.4, 0.5) is 10.5 Å². The van der Waals surface area contributed by atoms with Crippen LogP contribution in [0.3, 0.4) is 0 Å². The van der Waals surface area contributed by atoms with E-state index in [1.165, 1.54) is 41.3 Å². The van der Waals surface area contributed by atoms with E-state index in [0.717, 1.165) is 11.1 Å². The lowest BCUT2D eigenvalue weighted by Crippen LogP contribution is -2.51. The Morgan fingerprint density at radius 1 is 0.685 bits per heavy atom. The van der Waals surface area contributed by atoms with Crippen LogP contribution >= 0.6 is 0 Å². The number of carbonyl (C=O) groups excluding carboxylic acids is 3. The van der Waals surface area contributed by atoms with Crippen molar-refractivity contribution in [3.63, 3.8) is 0 Å². The van der Waals surface area contributed by atoms with Crippen molar-refractivity contribution >= 4 is 29.6 Å². The molecule has 54 heavy (non-hydrogen) atoms. The van der Waals surface area contributed by atoms with Crippen LogP contribution in [0.15, 0.2) is 127 Å². The summed E-state index contributed by atoms with van der Waals surface area (Å²) in [6.07, 6.45) is -1.26. The lowest BCUT2D eigenvalue weighted by molar-refractivity contribution is 0.0179. The Balaban J connectivity index is 1.15. The minimum absolute atomic E-state index is 0.00858. The van der Waals surface area contributed by atoms with Gasteiger partial charge in [-0.2, -0.15) is 0 Å². The van der Waals surface area contributed by atoms with Gasteiger partial charge in [0.25, 0.3) is 11.8 Å². The number of likely N-dealkylation sites (tertiary alicyclic amines) is 1. The van der Waals surface area contributed by atoms with E-state index in [1.807, 2.05) is 60.7 Å². The third-order valence-electron chi connectivity index (χ3n) is 8.83. The predicted octanol–water partition coefficient (Wildman–Crippen LogP) is 6.90. The number of carboxylic acid groups (broad SMARTS) is 1. The summed E-state index contributed by atoms with van der Waals surface area (Å²) in [5, 5.41) is 25.0. The number of ether oxygens (including phenoxy) is 3. The fraction of sp³-hybridized carbons (Fsp3) is 0.190. The van der Waals surface area contributed by atoms with E-state index < -0.39 is 36.0 Å². The van der Waals surface area contributed by atoms with E-state index in [9.17, 15) is 29.4 Å². The molecule has 12 nitrogen and oxygen atoms in total. The molecule has 2 unspecified atom stereocenters. The van der Waals surface area contributed by atoms with Crippen LogP contribution in [0, 0.1) is 0 Å². The highest BCUT2D eigenvalue weighted by Crippen LogP contribution is 2.31. The summed E-state index contributed by atoms with van der Waals surface area (Å²) in [6.45, 7) is 0.589. The van der Waals surface area contributed by atoms with Crippen molar-refractivity contribution < 1.29 is 43.6 Å². The largest absolute Gasteiger partial charge is 0.508 e. The van der Waals surface area contributed by atoms with Crippen LogP contribution in [0.1, 0.15) is 55.0 Å². The minimum atomic E-state index is -1.15. The van der Waals surface area contributed by atoms with Crippen molar-refractivity contribution in [1.82, 2.24) is 10.2 Å². The van der Waals surface area contributed by atoms with Crippen LogP contribution in [0.5, 0.6) is 17.2 Å². The number of nitrogens with zero attached hydrogens (tertiary/aromatic N) is 1. The molecule has 0 saturated carbocycles. The fourth-order valence-corrected chi connectivity index (χ4v) is 5.98. The van der Waals surface area contributed by atoms with Gasteiger partial charge in [0, 0.05) is 24.3 Å². The Hall–Kier alpha value is -6.82. The van der Waals surface area contributed by atoms with E-state index in [-0.39, 0.29) is 48.7 Å².